The molecule has 3 amide bonds. The summed E-state index contributed by atoms with van der Waals surface area (Å²) < 4.78 is 5.86. The standard InChI is InChI=1S/C29H34N4O4/c34-26(33-18-12-22-8-1-3-10-24(22)33)20-32-17-7-14-29(21-32)13-5-6-19-37-25-11-4-2-9-23(25)27(35)30-15-16-31-28(29)36/h1-6,8-11H,7,12-21H2,(H,30,35)(H,31,36)/b6-5-. The van der Waals surface area contributed by atoms with E-state index in [1.165, 1.54) is 5.56 Å². The van der Waals surface area contributed by atoms with Crippen LogP contribution in [0.4, 0.5) is 5.69 Å². The smallest absolute Gasteiger partial charge is 0.255 e. The van der Waals surface area contributed by atoms with Crippen molar-refractivity contribution >= 4 is 23.4 Å². The van der Waals surface area contributed by atoms with Crippen molar-refractivity contribution < 1.29 is 19.1 Å². The van der Waals surface area contributed by atoms with Crippen molar-refractivity contribution in [2.24, 2.45) is 5.41 Å². The molecular formula is C29H34N4O4. The van der Waals surface area contributed by atoms with Crippen molar-refractivity contribution in [1.29, 1.82) is 0 Å². The Labute approximate surface area is 217 Å². The van der Waals surface area contributed by atoms with Crippen LogP contribution in [0.25, 0.3) is 0 Å². The number of anilines is 1. The number of fused-ring (bicyclic) bond motifs is 2. The summed E-state index contributed by atoms with van der Waals surface area (Å²) in [6.45, 7) is 3.26. The molecule has 2 aromatic rings. The summed E-state index contributed by atoms with van der Waals surface area (Å²) in [5.74, 6) is 0.347. The number of amides is 3. The monoisotopic (exact) mass is 502 g/mol. The highest BCUT2D eigenvalue weighted by molar-refractivity contribution is 5.97. The van der Waals surface area contributed by atoms with Crippen LogP contribution in [0.1, 0.15) is 35.2 Å². The average Bonchev–Trinajstić information content (AvgIpc) is 3.35. The topological polar surface area (TPSA) is 91.0 Å². The first-order valence-corrected chi connectivity index (χ1v) is 13.1. The van der Waals surface area contributed by atoms with Gasteiger partial charge in [-0.3, -0.25) is 19.3 Å². The number of para-hydroxylation sites is 2. The second kappa shape index (κ2) is 11.2. The number of rotatable bonds is 2. The number of likely N-dealkylation sites (tertiary alicyclic amines) is 1. The minimum absolute atomic E-state index is 0.0338. The molecule has 1 atom stereocenters. The zero-order valence-corrected chi connectivity index (χ0v) is 21.1. The number of hydrogen-bond donors (Lipinski definition) is 2. The fourth-order valence-electron chi connectivity index (χ4n) is 5.61. The lowest BCUT2D eigenvalue weighted by Gasteiger charge is -2.41. The molecule has 1 spiro atoms. The second-order valence-corrected chi connectivity index (χ2v) is 10.0. The molecule has 2 N–H and O–H groups in total. The maximum absolute atomic E-state index is 13.5. The number of ether oxygens (including phenoxy) is 1. The van der Waals surface area contributed by atoms with Crippen molar-refractivity contribution in [3.8, 4) is 5.75 Å². The highest BCUT2D eigenvalue weighted by atomic mass is 16.5. The average molecular weight is 503 g/mol. The molecule has 8 heteroatoms. The first-order chi connectivity index (χ1) is 18.1. The van der Waals surface area contributed by atoms with Crippen molar-refractivity contribution in [3.63, 3.8) is 0 Å². The molecule has 3 heterocycles. The van der Waals surface area contributed by atoms with E-state index in [0.717, 1.165) is 31.5 Å². The van der Waals surface area contributed by atoms with Crippen LogP contribution in [0.5, 0.6) is 5.75 Å². The van der Waals surface area contributed by atoms with Gasteiger partial charge < -0.3 is 20.3 Å². The van der Waals surface area contributed by atoms with Crippen molar-refractivity contribution in [1.82, 2.24) is 15.5 Å². The van der Waals surface area contributed by atoms with Gasteiger partial charge in [0.1, 0.15) is 12.4 Å². The summed E-state index contributed by atoms with van der Waals surface area (Å²) in [4.78, 5) is 43.4. The third kappa shape index (κ3) is 5.54. The van der Waals surface area contributed by atoms with E-state index in [9.17, 15) is 14.4 Å². The van der Waals surface area contributed by atoms with Crippen LogP contribution in [0.15, 0.2) is 60.7 Å². The Hall–Kier alpha value is -3.65. The van der Waals surface area contributed by atoms with Gasteiger partial charge in [-0.05, 0) is 56.0 Å². The maximum atomic E-state index is 13.5. The number of nitrogens with one attached hydrogen (secondary N) is 2. The molecule has 5 rings (SSSR count). The summed E-state index contributed by atoms with van der Waals surface area (Å²) in [6, 6.07) is 15.2. The summed E-state index contributed by atoms with van der Waals surface area (Å²) >= 11 is 0. The van der Waals surface area contributed by atoms with Gasteiger partial charge in [0.25, 0.3) is 5.91 Å². The van der Waals surface area contributed by atoms with Crippen molar-refractivity contribution in [2.75, 3.05) is 50.8 Å². The Kier molecular flexibility index (Phi) is 7.55. The third-order valence-corrected chi connectivity index (χ3v) is 7.52. The molecule has 194 valence electrons. The van der Waals surface area contributed by atoms with Crippen LogP contribution in [0.2, 0.25) is 0 Å². The molecule has 0 radical (unpaired) electrons. The Morgan fingerprint density at radius 1 is 0.973 bits per heavy atom. The molecule has 0 aromatic heterocycles. The third-order valence-electron chi connectivity index (χ3n) is 7.52. The largest absolute Gasteiger partial charge is 0.489 e. The first-order valence-electron chi connectivity index (χ1n) is 13.1. The number of carbonyl (C=O) groups is 3. The summed E-state index contributed by atoms with van der Waals surface area (Å²) in [7, 11) is 0. The fraction of sp³-hybridized carbons (Fsp3) is 0.414. The number of piperidine rings is 1. The first kappa shape index (κ1) is 25.0. The molecular weight excluding hydrogens is 468 g/mol. The van der Waals surface area contributed by atoms with Gasteiger partial charge in [-0.2, -0.15) is 0 Å². The van der Waals surface area contributed by atoms with E-state index in [1.54, 1.807) is 18.2 Å². The number of nitrogens with zero attached hydrogens (tertiary/aromatic N) is 2. The Bertz CT molecular complexity index is 1200. The van der Waals surface area contributed by atoms with E-state index in [1.807, 2.05) is 41.3 Å². The normalized spacial score (nSPS) is 23.7. The maximum Gasteiger partial charge on any atom is 0.255 e. The van der Waals surface area contributed by atoms with Crippen LogP contribution in [0.3, 0.4) is 0 Å². The van der Waals surface area contributed by atoms with E-state index >= 15 is 0 Å². The SMILES string of the molecule is O=C1NCCNC(=O)C2(C/C=C\COc3ccccc31)CCCN(CC(=O)N1CCc3ccccc31)C2. The van der Waals surface area contributed by atoms with Crippen LogP contribution < -0.4 is 20.3 Å². The molecule has 8 nitrogen and oxygen atoms in total. The predicted molar refractivity (Wildman–Crippen MR) is 142 cm³/mol. The van der Waals surface area contributed by atoms with Crippen molar-refractivity contribution in [3.05, 3.63) is 71.8 Å². The molecule has 1 fully saturated rings. The van der Waals surface area contributed by atoms with Gasteiger partial charge in [-0.25, -0.2) is 0 Å². The van der Waals surface area contributed by atoms with Gasteiger partial charge in [0.15, 0.2) is 0 Å². The molecule has 0 bridgehead atoms. The zero-order chi connectivity index (χ0) is 25.7. The zero-order valence-electron chi connectivity index (χ0n) is 21.1. The Morgan fingerprint density at radius 2 is 1.78 bits per heavy atom. The van der Waals surface area contributed by atoms with Crippen molar-refractivity contribution in [2.45, 2.75) is 25.7 Å². The lowest BCUT2D eigenvalue weighted by molar-refractivity contribution is -0.135. The highest BCUT2D eigenvalue weighted by Crippen LogP contribution is 2.35. The highest BCUT2D eigenvalue weighted by Gasteiger charge is 2.42. The summed E-state index contributed by atoms with van der Waals surface area (Å²) in [5.41, 5.74) is 2.05. The molecule has 0 saturated carbocycles. The number of allylic oxidation sites excluding steroid dienone is 1. The van der Waals surface area contributed by atoms with E-state index in [2.05, 4.69) is 21.6 Å². The lowest BCUT2D eigenvalue weighted by atomic mass is 9.76. The minimum atomic E-state index is -0.635. The van der Waals surface area contributed by atoms with Gasteiger partial charge in [0, 0.05) is 31.9 Å². The van der Waals surface area contributed by atoms with Crippen LogP contribution >= 0.6 is 0 Å². The quantitative estimate of drug-likeness (QED) is 0.616. The van der Waals surface area contributed by atoms with Crippen LogP contribution in [-0.4, -0.2) is 68.5 Å². The molecule has 3 aliphatic rings. The van der Waals surface area contributed by atoms with Crippen LogP contribution in [0, 0.1) is 5.41 Å². The molecule has 1 unspecified atom stereocenters. The molecule has 0 aliphatic carbocycles. The van der Waals surface area contributed by atoms with E-state index in [-0.39, 0.29) is 17.7 Å². The number of carbonyl (C=O) groups excluding carboxylic acids is 3. The van der Waals surface area contributed by atoms with Crippen LogP contribution in [-0.2, 0) is 16.0 Å². The van der Waals surface area contributed by atoms with Gasteiger partial charge in [-0.1, -0.05) is 42.5 Å². The summed E-state index contributed by atoms with van der Waals surface area (Å²) in [6.07, 6.45) is 6.93. The minimum Gasteiger partial charge on any atom is -0.489 e. The number of hydrogen-bond acceptors (Lipinski definition) is 5. The lowest BCUT2D eigenvalue weighted by Crippen LogP contribution is -2.54. The van der Waals surface area contributed by atoms with E-state index < -0.39 is 5.41 Å². The van der Waals surface area contributed by atoms with Gasteiger partial charge in [0.2, 0.25) is 11.8 Å². The van der Waals surface area contributed by atoms with Gasteiger partial charge in [0.05, 0.1) is 17.5 Å². The number of benzene rings is 2. The summed E-state index contributed by atoms with van der Waals surface area (Å²) in [5, 5.41) is 5.91. The molecule has 37 heavy (non-hydrogen) atoms. The Morgan fingerprint density at radius 3 is 2.70 bits per heavy atom. The fourth-order valence-corrected chi connectivity index (χ4v) is 5.61. The molecule has 3 aliphatic heterocycles. The van der Waals surface area contributed by atoms with E-state index in [0.29, 0.717) is 57.1 Å². The second-order valence-electron chi connectivity index (χ2n) is 10.0. The Balaban J connectivity index is 1.28. The van der Waals surface area contributed by atoms with Gasteiger partial charge >= 0.3 is 0 Å². The molecule has 2 aromatic carbocycles. The van der Waals surface area contributed by atoms with E-state index in [4.69, 9.17) is 4.74 Å². The molecule has 1 saturated heterocycles. The van der Waals surface area contributed by atoms with Gasteiger partial charge in [-0.15, -0.1) is 0 Å². The predicted octanol–water partition coefficient (Wildman–Crippen LogP) is 2.54.